The van der Waals surface area contributed by atoms with Gasteiger partial charge in [-0.3, -0.25) is 4.90 Å². The van der Waals surface area contributed by atoms with E-state index in [1.54, 1.807) is 14.0 Å². The SMILES string of the molecule is COc1ccccc1/C=C/CN1CCC(n2cc([C@@H](C)O)nn2)CC1. The molecule has 6 nitrogen and oxygen atoms in total. The van der Waals surface area contributed by atoms with Gasteiger partial charge in [0, 0.05) is 25.2 Å². The maximum atomic E-state index is 9.57. The zero-order valence-electron chi connectivity index (χ0n) is 14.9. The van der Waals surface area contributed by atoms with E-state index < -0.39 is 6.10 Å². The average molecular weight is 342 g/mol. The van der Waals surface area contributed by atoms with E-state index in [9.17, 15) is 5.11 Å². The second-order valence-electron chi connectivity index (χ2n) is 6.48. The van der Waals surface area contributed by atoms with Gasteiger partial charge < -0.3 is 9.84 Å². The standard InChI is InChI=1S/C19H26N4O2/c1-15(24)18-14-23(21-20-18)17-9-12-22(13-10-17)11-5-7-16-6-3-4-8-19(16)25-2/h3-8,14-15,17,24H,9-13H2,1-2H3/b7-5+/t15-/m1/s1. The zero-order chi connectivity index (χ0) is 17.6. The number of methoxy groups -OCH3 is 1. The van der Waals surface area contributed by atoms with E-state index in [1.165, 1.54) is 0 Å². The van der Waals surface area contributed by atoms with Crippen LogP contribution in [0.2, 0.25) is 0 Å². The largest absolute Gasteiger partial charge is 0.496 e. The number of piperidine rings is 1. The van der Waals surface area contributed by atoms with E-state index in [4.69, 9.17) is 4.74 Å². The van der Waals surface area contributed by atoms with Crippen LogP contribution in [0.3, 0.4) is 0 Å². The molecular weight excluding hydrogens is 316 g/mol. The Balaban J connectivity index is 1.50. The Morgan fingerprint density at radius 2 is 2.08 bits per heavy atom. The maximum absolute atomic E-state index is 9.57. The molecule has 0 amide bonds. The molecule has 0 bridgehead atoms. The second-order valence-corrected chi connectivity index (χ2v) is 6.48. The van der Waals surface area contributed by atoms with Gasteiger partial charge in [-0.1, -0.05) is 35.6 Å². The molecule has 25 heavy (non-hydrogen) atoms. The van der Waals surface area contributed by atoms with Gasteiger partial charge in [0.15, 0.2) is 0 Å². The molecule has 1 aliphatic heterocycles. The third-order valence-electron chi connectivity index (χ3n) is 4.69. The molecule has 0 unspecified atom stereocenters. The van der Waals surface area contributed by atoms with Crippen molar-refractivity contribution in [1.29, 1.82) is 0 Å². The molecule has 0 radical (unpaired) electrons. The van der Waals surface area contributed by atoms with Crippen LogP contribution in [0.15, 0.2) is 36.5 Å². The minimum atomic E-state index is -0.561. The summed E-state index contributed by atoms with van der Waals surface area (Å²) in [7, 11) is 1.70. The molecule has 134 valence electrons. The number of nitrogens with zero attached hydrogens (tertiary/aromatic N) is 4. The van der Waals surface area contributed by atoms with Crippen LogP contribution in [0, 0.1) is 0 Å². The highest BCUT2D eigenvalue weighted by molar-refractivity contribution is 5.57. The van der Waals surface area contributed by atoms with Gasteiger partial charge in [0.05, 0.1) is 25.5 Å². The van der Waals surface area contributed by atoms with Crippen molar-refractivity contribution in [2.75, 3.05) is 26.7 Å². The molecule has 6 heteroatoms. The highest BCUT2D eigenvalue weighted by Crippen LogP contribution is 2.23. The lowest BCUT2D eigenvalue weighted by molar-refractivity contribution is 0.191. The second kappa shape index (κ2) is 8.27. The van der Waals surface area contributed by atoms with E-state index in [0.717, 1.165) is 43.8 Å². The average Bonchev–Trinajstić information content (AvgIpc) is 3.13. The van der Waals surface area contributed by atoms with Crippen LogP contribution in [0.4, 0.5) is 0 Å². The molecule has 0 spiro atoms. The Morgan fingerprint density at radius 3 is 2.76 bits per heavy atom. The Kier molecular flexibility index (Phi) is 5.83. The number of hydrogen-bond acceptors (Lipinski definition) is 5. The van der Waals surface area contributed by atoms with Gasteiger partial charge in [-0.05, 0) is 25.8 Å². The third kappa shape index (κ3) is 4.46. The minimum Gasteiger partial charge on any atom is -0.496 e. The zero-order valence-corrected chi connectivity index (χ0v) is 14.9. The van der Waals surface area contributed by atoms with Crippen molar-refractivity contribution in [1.82, 2.24) is 19.9 Å². The van der Waals surface area contributed by atoms with E-state index in [1.807, 2.05) is 29.1 Å². The fraction of sp³-hybridized carbons (Fsp3) is 0.474. The number of benzene rings is 1. The molecule has 0 aliphatic carbocycles. The first-order chi connectivity index (χ1) is 12.2. The number of aromatic nitrogens is 3. The molecule has 1 N–H and O–H groups in total. The summed E-state index contributed by atoms with van der Waals surface area (Å²) < 4.78 is 7.28. The van der Waals surface area contributed by atoms with Gasteiger partial charge in [-0.25, -0.2) is 4.68 Å². The van der Waals surface area contributed by atoms with Crippen molar-refractivity contribution in [2.45, 2.75) is 31.9 Å². The van der Waals surface area contributed by atoms with Crippen molar-refractivity contribution in [3.8, 4) is 5.75 Å². The van der Waals surface area contributed by atoms with Crippen molar-refractivity contribution >= 4 is 6.08 Å². The summed E-state index contributed by atoms with van der Waals surface area (Å²) in [5.41, 5.74) is 1.75. The monoisotopic (exact) mass is 342 g/mol. The smallest absolute Gasteiger partial charge is 0.126 e. The number of aliphatic hydroxyl groups is 1. The Hall–Kier alpha value is -2.18. The number of hydrogen-bond donors (Lipinski definition) is 1. The molecule has 1 saturated heterocycles. The van der Waals surface area contributed by atoms with Crippen molar-refractivity contribution in [3.63, 3.8) is 0 Å². The molecular formula is C19H26N4O2. The highest BCUT2D eigenvalue weighted by atomic mass is 16.5. The van der Waals surface area contributed by atoms with E-state index in [-0.39, 0.29) is 0 Å². The molecule has 1 atom stereocenters. The van der Waals surface area contributed by atoms with Crippen LogP contribution in [-0.4, -0.2) is 51.7 Å². The number of ether oxygens (including phenoxy) is 1. The molecule has 2 heterocycles. The van der Waals surface area contributed by atoms with Gasteiger partial charge in [0.2, 0.25) is 0 Å². The number of aliphatic hydroxyl groups excluding tert-OH is 1. The lowest BCUT2D eigenvalue weighted by Gasteiger charge is -2.30. The summed E-state index contributed by atoms with van der Waals surface area (Å²) in [6.07, 6.45) is 7.72. The van der Waals surface area contributed by atoms with E-state index in [2.05, 4.69) is 33.4 Å². The maximum Gasteiger partial charge on any atom is 0.126 e. The number of para-hydroxylation sites is 1. The van der Waals surface area contributed by atoms with Crippen LogP contribution in [-0.2, 0) is 0 Å². The summed E-state index contributed by atoms with van der Waals surface area (Å²) in [5, 5.41) is 17.8. The van der Waals surface area contributed by atoms with E-state index in [0.29, 0.717) is 11.7 Å². The summed E-state index contributed by atoms with van der Waals surface area (Å²) in [6.45, 7) is 4.71. The molecule has 0 saturated carbocycles. The van der Waals surface area contributed by atoms with Crippen LogP contribution in [0.5, 0.6) is 5.75 Å². The first kappa shape index (κ1) is 17.6. The Bertz CT molecular complexity index is 703. The summed E-state index contributed by atoms with van der Waals surface area (Å²) in [4.78, 5) is 2.44. The van der Waals surface area contributed by atoms with Crippen molar-refractivity contribution < 1.29 is 9.84 Å². The molecule has 1 aromatic carbocycles. The van der Waals surface area contributed by atoms with Crippen LogP contribution in [0.25, 0.3) is 6.08 Å². The molecule has 1 fully saturated rings. The van der Waals surface area contributed by atoms with Gasteiger partial charge in [-0.15, -0.1) is 5.10 Å². The van der Waals surface area contributed by atoms with Crippen LogP contribution < -0.4 is 4.74 Å². The molecule has 2 aromatic rings. The summed E-state index contributed by atoms with van der Waals surface area (Å²) >= 11 is 0. The topological polar surface area (TPSA) is 63.4 Å². The van der Waals surface area contributed by atoms with Gasteiger partial charge in [-0.2, -0.15) is 0 Å². The van der Waals surface area contributed by atoms with Gasteiger partial charge in [0.25, 0.3) is 0 Å². The van der Waals surface area contributed by atoms with Gasteiger partial charge in [0.1, 0.15) is 11.4 Å². The normalized spacial score (nSPS) is 17.9. The molecule has 1 aromatic heterocycles. The highest BCUT2D eigenvalue weighted by Gasteiger charge is 2.21. The van der Waals surface area contributed by atoms with Crippen LogP contribution in [0.1, 0.15) is 43.2 Å². The number of likely N-dealkylation sites (tertiary alicyclic amines) is 1. The number of rotatable bonds is 6. The first-order valence-corrected chi connectivity index (χ1v) is 8.79. The summed E-state index contributed by atoms with van der Waals surface area (Å²) in [6, 6.07) is 8.41. The molecule has 1 aliphatic rings. The molecule has 3 rings (SSSR count). The third-order valence-corrected chi connectivity index (χ3v) is 4.69. The lowest BCUT2D eigenvalue weighted by atomic mass is 10.1. The van der Waals surface area contributed by atoms with Gasteiger partial charge >= 0.3 is 0 Å². The van der Waals surface area contributed by atoms with Crippen molar-refractivity contribution in [2.24, 2.45) is 0 Å². The fourth-order valence-corrected chi connectivity index (χ4v) is 3.16. The summed E-state index contributed by atoms with van der Waals surface area (Å²) in [5.74, 6) is 0.901. The van der Waals surface area contributed by atoms with Crippen molar-refractivity contribution in [3.05, 3.63) is 47.8 Å². The predicted molar refractivity (Wildman–Crippen MR) is 97.4 cm³/mol. The fourth-order valence-electron chi connectivity index (χ4n) is 3.16. The quantitative estimate of drug-likeness (QED) is 0.874. The Morgan fingerprint density at radius 1 is 1.32 bits per heavy atom. The lowest BCUT2D eigenvalue weighted by Crippen LogP contribution is -2.34. The first-order valence-electron chi connectivity index (χ1n) is 8.79. The Labute approximate surface area is 148 Å². The van der Waals surface area contributed by atoms with E-state index >= 15 is 0 Å². The minimum absolute atomic E-state index is 0.370. The van der Waals surface area contributed by atoms with Crippen LogP contribution >= 0.6 is 0 Å². The predicted octanol–water partition coefficient (Wildman–Crippen LogP) is 2.69.